The highest BCUT2D eigenvalue weighted by molar-refractivity contribution is 7.89. The van der Waals surface area contributed by atoms with Gasteiger partial charge in [-0.3, -0.25) is 15.0 Å². The van der Waals surface area contributed by atoms with Crippen LogP contribution in [0.15, 0.2) is 23.1 Å². The van der Waals surface area contributed by atoms with Crippen molar-refractivity contribution in [3.63, 3.8) is 0 Å². The van der Waals surface area contributed by atoms with E-state index < -0.39 is 20.6 Å². The zero-order valence-corrected chi connectivity index (χ0v) is 15.8. The van der Waals surface area contributed by atoms with Crippen LogP contribution in [0, 0.1) is 10.1 Å². The predicted octanol–water partition coefficient (Wildman–Crippen LogP) is 1.28. The van der Waals surface area contributed by atoms with Crippen molar-refractivity contribution in [2.75, 3.05) is 39.3 Å². The van der Waals surface area contributed by atoms with Crippen LogP contribution < -0.4 is 10.0 Å². The molecule has 0 bridgehead atoms. The van der Waals surface area contributed by atoms with E-state index in [0.29, 0.717) is 6.54 Å². The van der Waals surface area contributed by atoms with Crippen LogP contribution in [0.4, 0.5) is 5.69 Å². The molecule has 2 rings (SSSR count). The lowest BCUT2D eigenvalue weighted by Gasteiger charge is -2.27. The Labute approximate surface area is 157 Å². The number of hydrogen-bond acceptors (Lipinski definition) is 6. The van der Waals surface area contributed by atoms with E-state index in [1.165, 1.54) is 6.07 Å². The number of piperazine rings is 1. The summed E-state index contributed by atoms with van der Waals surface area (Å²) in [5.41, 5.74) is -0.526. The summed E-state index contributed by atoms with van der Waals surface area (Å²) in [7, 11) is -3.95. The molecule has 12 heteroatoms. The Morgan fingerprint density at radius 1 is 1.29 bits per heavy atom. The molecule has 138 valence electrons. The third-order valence-corrected chi connectivity index (χ3v) is 5.08. The standard InChI is InChI=1S/C12H17ClN4O4S.2ClH/c13-10-1-2-12(11(9-10)17(18)19)22(20,21)15-5-8-16-6-3-14-4-7-16;;/h1-2,9,14-15H,3-8H2;2*1H. The number of nitro groups is 1. The zero-order chi connectivity index (χ0) is 16.2. The minimum absolute atomic E-state index is 0. The molecule has 24 heavy (non-hydrogen) atoms. The first-order chi connectivity index (χ1) is 10.4. The second-order valence-electron chi connectivity index (χ2n) is 4.86. The van der Waals surface area contributed by atoms with Crippen LogP contribution in [-0.2, 0) is 10.0 Å². The molecule has 1 aromatic rings. The van der Waals surface area contributed by atoms with Gasteiger partial charge in [-0.2, -0.15) is 0 Å². The molecule has 1 saturated heterocycles. The van der Waals surface area contributed by atoms with E-state index in [0.717, 1.165) is 38.3 Å². The van der Waals surface area contributed by atoms with Gasteiger partial charge in [0, 0.05) is 50.4 Å². The van der Waals surface area contributed by atoms with Gasteiger partial charge in [0.1, 0.15) is 0 Å². The average molecular weight is 422 g/mol. The Kier molecular flexibility index (Phi) is 10.0. The van der Waals surface area contributed by atoms with Crippen LogP contribution in [0.3, 0.4) is 0 Å². The normalized spacial score (nSPS) is 15.2. The Bertz CT molecular complexity index is 654. The lowest BCUT2D eigenvalue weighted by atomic mass is 10.3. The molecule has 0 spiro atoms. The summed E-state index contributed by atoms with van der Waals surface area (Å²) < 4.78 is 26.8. The maximum absolute atomic E-state index is 12.2. The van der Waals surface area contributed by atoms with Crippen molar-refractivity contribution in [3.05, 3.63) is 33.3 Å². The smallest absolute Gasteiger partial charge is 0.290 e. The first-order valence-corrected chi connectivity index (χ1v) is 8.63. The summed E-state index contributed by atoms with van der Waals surface area (Å²) in [6.07, 6.45) is 0. The molecule has 0 unspecified atom stereocenters. The molecular formula is C12H19Cl3N4O4S. The molecule has 0 radical (unpaired) electrons. The lowest BCUT2D eigenvalue weighted by Crippen LogP contribution is -2.46. The topological polar surface area (TPSA) is 105 Å². The van der Waals surface area contributed by atoms with Gasteiger partial charge >= 0.3 is 0 Å². The molecule has 1 heterocycles. The Morgan fingerprint density at radius 2 is 1.92 bits per heavy atom. The second kappa shape index (κ2) is 10.3. The molecule has 0 aliphatic carbocycles. The van der Waals surface area contributed by atoms with Crippen molar-refractivity contribution >= 4 is 52.1 Å². The number of rotatable bonds is 6. The molecule has 8 nitrogen and oxygen atoms in total. The summed E-state index contributed by atoms with van der Waals surface area (Å²) in [6.45, 7) is 4.20. The fraction of sp³-hybridized carbons (Fsp3) is 0.500. The Morgan fingerprint density at radius 3 is 2.50 bits per heavy atom. The Hall–Kier alpha value is -0.680. The maximum Gasteiger partial charge on any atom is 0.290 e. The van der Waals surface area contributed by atoms with E-state index in [-0.39, 0.29) is 41.3 Å². The van der Waals surface area contributed by atoms with Crippen LogP contribution in [0.5, 0.6) is 0 Å². The third-order valence-electron chi connectivity index (χ3n) is 3.34. The molecule has 0 amide bonds. The predicted molar refractivity (Wildman–Crippen MR) is 97.1 cm³/mol. The highest BCUT2D eigenvalue weighted by atomic mass is 35.5. The molecule has 0 atom stereocenters. The van der Waals surface area contributed by atoms with Gasteiger partial charge in [-0.15, -0.1) is 24.8 Å². The summed E-state index contributed by atoms with van der Waals surface area (Å²) in [5.74, 6) is 0. The second-order valence-corrected chi connectivity index (χ2v) is 7.03. The van der Waals surface area contributed by atoms with Gasteiger partial charge in [0.15, 0.2) is 4.90 Å². The quantitative estimate of drug-likeness (QED) is 0.529. The SMILES string of the molecule is Cl.Cl.O=[N+]([O-])c1cc(Cl)ccc1S(=O)(=O)NCCN1CCNCC1. The van der Waals surface area contributed by atoms with E-state index in [1.54, 1.807) is 0 Å². The number of halogens is 3. The number of nitro benzene ring substituents is 1. The van der Waals surface area contributed by atoms with Crippen molar-refractivity contribution in [1.82, 2.24) is 14.9 Å². The highest BCUT2D eigenvalue weighted by Crippen LogP contribution is 2.26. The minimum atomic E-state index is -3.95. The fourth-order valence-corrected chi connectivity index (χ4v) is 3.55. The molecule has 1 aliphatic rings. The molecule has 0 saturated carbocycles. The monoisotopic (exact) mass is 420 g/mol. The van der Waals surface area contributed by atoms with Gasteiger partial charge in [0.2, 0.25) is 10.0 Å². The number of nitrogens with one attached hydrogen (secondary N) is 2. The van der Waals surface area contributed by atoms with Crippen molar-refractivity contribution in [3.8, 4) is 0 Å². The number of hydrogen-bond donors (Lipinski definition) is 2. The zero-order valence-electron chi connectivity index (χ0n) is 12.6. The van der Waals surface area contributed by atoms with Gasteiger partial charge in [-0.1, -0.05) is 11.6 Å². The van der Waals surface area contributed by atoms with Gasteiger partial charge in [0.25, 0.3) is 5.69 Å². The maximum atomic E-state index is 12.2. The van der Waals surface area contributed by atoms with Crippen LogP contribution in [0.25, 0.3) is 0 Å². The van der Waals surface area contributed by atoms with Crippen molar-refractivity contribution in [2.45, 2.75) is 4.90 Å². The molecule has 2 N–H and O–H groups in total. The van der Waals surface area contributed by atoms with E-state index >= 15 is 0 Å². The van der Waals surface area contributed by atoms with E-state index in [1.807, 2.05) is 0 Å². The Balaban J connectivity index is 0.00000264. The molecule has 1 aliphatic heterocycles. The van der Waals surface area contributed by atoms with E-state index in [9.17, 15) is 18.5 Å². The number of benzene rings is 1. The molecular weight excluding hydrogens is 403 g/mol. The van der Waals surface area contributed by atoms with Crippen molar-refractivity contribution < 1.29 is 13.3 Å². The first kappa shape index (κ1) is 23.3. The average Bonchev–Trinajstić information content (AvgIpc) is 2.47. The summed E-state index contributed by atoms with van der Waals surface area (Å²) >= 11 is 5.68. The molecule has 1 fully saturated rings. The van der Waals surface area contributed by atoms with Crippen LogP contribution in [0.1, 0.15) is 0 Å². The lowest BCUT2D eigenvalue weighted by molar-refractivity contribution is -0.387. The van der Waals surface area contributed by atoms with Gasteiger partial charge < -0.3 is 5.32 Å². The van der Waals surface area contributed by atoms with Gasteiger partial charge in [-0.05, 0) is 12.1 Å². The van der Waals surface area contributed by atoms with E-state index in [4.69, 9.17) is 11.6 Å². The largest absolute Gasteiger partial charge is 0.314 e. The van der Waals surface area contributed by atoms with Crippen LogP contribution >= 0.6 is 36.4 Å². The van der Waals surface area contributed by atoms with Gasteiger partial charge in [0.05, 0.1) is 4.92 Å². The van der Waals surface area contributed by atoms with Gasteiger partial charge in [-0.25, -0.2) is 13.1 Å². The fourth-order valence-electron chi connectivity index (χ4n) is 2.21. The third kappa shape index (κ3) is 6.32. The molecule has 0 aromatic heterocycles. The first-order valence-electron chi connectivity index (χ1n) is 6.77. The summed E-state index contributed by atoms with van der Waals surface area (Å²) in [6, 6.07) is 3.50. The van der Waals surface area contributed by atoms with Crippen LogP contribution in [-0.4, -0.2) is 57.5 Å². The van der Waals surface area contributed by atoms with E-state index in [2.05, 4.69) is 14.9 Å². The number of sulfonamides is 1. The van der Waals surface area contributed by atoms with Crippen molar-refractivity contribution in [2.24, 2.45) is 0 Å². The highest BCUT2D eigenvalue weighted by Gasteiger charge is 2.25. The summed E-state index contributed by atoms with van der Waals surface area (Å²) in [5, 5.41) is 14.3. The summed E-state index contributed by atoms with van der Waals surface area (Å²) in [4.78, 5) is 12.0. The molecule has 1 aromatic carbocycles. The minimum Gasteiger partial charge on any atom is -0.314 e. The van der Waals surface area contributed by atoms with Crippen molar-refractivity contribution in [1.29, 1.82) is 0 Å². The van der Waals surface area contributed by atoms with Crippen LogP contribution in [0.2, 0.25) is 5.02 Å². The number of nitrogens with zero attached hydrogens (tertiary/aromatic N) is 2.